The van der Waals surface area contributed by atoms with Crippen LogP contribution in [0.3, 0.4) is 0 Å². The molecule has 3 saturated heterocycles. The number of nitrogens with zero attached hydrogens (tertiary/aromatic N) is 2. The number of likely N-dealkylation sites (tertiary alicyclic amines) is 1. The first-order valence-electron chi connectivity index (χ1n) is 13.6. The molecule has 4 atom stereocenters. The normalized spacial score (nSPS) is 26.1. The highest BCUT2D eigenvalue weighted by molar-refractivity contribution is 8.04. The Bertz CT molecular complexity index is 1330. The Morgan fingerprint density at radius 2 is 1.92 bits per heavy atom. The number of piperidine rings is 2. The molecule has 0 aliphatic carbocycles. The lowest BCUT2D eigenvalue weighted by Gasteiger charge is -2.45. The number of benzene rings is 2. The molecule has 4 aliphatic heterocycles. The fourth-order valence-corrected chi connectivity index (χ4v) is 7.64. The van der Waals surface area contributed by atoms with Crippen LogP contribution >= 0.6 is 11.8 Å². The highest BCUT2D eigenvalue weighted by atomic mass is 32.2. The van der Waals surface area contributed by atoms with E-state index in [-0.39, 0.29) is 41.2 Å². The van der Waals surface area contributed by atoms with Crippen molar-refractivity contribution in [3.05, 3.63) is 89.0 Å². The lowest BCUT2D eigenvalue weighted by molar-refractivity contribution is -0.128. The Morgan fingerprint density at radius 3 is 2.74 bits per heavy atom. The van der Waals surface area contributed by atoms with Crippen molar-refractivity contribution >= 4 is 35.3 Å². The van der Waals surface area contributed by atoms with E-state index in [1.54, 1.807) is 4.90 Å². The van der Waals surface area contributed by atoms with Gasteiger partial charge in [-0.3, -0.25) is 14.5 Å². The minimum atomic E-state index is -0.197. The van der Waals surface area contributed by atoms with E-state index in [0.29, 0.717) is 18.0 Å². The van der Waals surface area contributed by atoms with Crippen molar-refractivity contribution in [2.24, 2.45) is 5.92 Å². The van der Waals surface area contributed by atoms with Gasteiger partial charge in [-0.25, -0.2) is 4.79 Å². The molecule has 2 aromatic carbocycles. The summed E-state index contributed by atoms with van der Waals surface area (Å²) in [6.07, 6.45) is 4.56. The first-order chi connectivity index (χ1) is 19.0. The maximum absolute atomic E-state index is 13.6. The highest BCUT2D eigenvalue weighted by Gasteiger charge is 2.51. The van der Waals surface area contributed by atoms with Crippen LogP contribution < -0.4 is 20.9 Å². The van der Waals surface area contributed by atoms with Gasteiger partial charge in [-0.1, -0.05) is 60.8 Å². The minimum absolute atomic E-state index is 0.00910. The maximum atomic E-state index is 13.6. The van der Waals surface area contributed by atoms with Crippen molar-refractivity contribution in [3.63, 3.8) is 0 Å². The quantitative estimate of drug-likeness (QED) is 0.486. The molecule has 6 rings (SSSR count). The predicted molar refractivity (Wildman–Crippen MR) is 153 cm³/mol. The molecule has 4 amide bonds. The molecule has 8 nitrogen and oxygen atoms in total. The third-order valence-electron chi connectivity index (χ3n) is 8.03. The van der Waals surface area contributed by atoms with Crippen LogP contribution in [0.2, 0.25) is 0 Å². The Hall–Kier alpha value is -3.56. The molecule has 0 spiro atoms. The number of anilines is 1. The second-order valence-electron chi connectivity index (χ2n) is 10.6. The van der Waals surface area contributed by atoms with Gasteiger partial charge in [0.25, 0.3) is 5.91 Å². The predicted octanol–water partition coefficient (Wildman–Crippen LogP) is 3.36. The largest absolute Gasteiger partial charge is 0.347 e. The van der Waals surface area contributed by atoms with Crippen molar-refractivity contribution in [1.29, 1.82) is 0 Å². The van der Waals surface area contributed by atoms with Gasteiger partial charge in [-0.2, -0.15) is 0 Å². The van der Waals surface area contributed by atoms with Crippen LogP contribution in [0.1, 0.15) is 30.4 Å². The number of amides is 4. The standard InChI is InChI=1S/C30H33N5O3S/c1-2-24(36)34-15-7-11-21(18-34)32-28(37)27-26-25-23(13-14-31-29(25)39-27)35(30(38)33-26)22-12-6-10-20(17-22)16-19-8-4-3-5-9-19/h2-6,8-10,12,17,21,23,25,29,31H,1,7,11,13-16,18H2,(H,32,37)(H,33,38)/t21-,23?,25?,29?/m1/s1. The van der Waals surface area contributed by atoms with Gasteiger partial charge >= 0.3 is 6.03 Å². The Labute approximate surface area is 232 Å². The van der Waals surface area contributed by atoms with Gasteiger partial charge in [0.2, 0.25) is 5.91 Å². The van der Waals surface area contributed by atoms with Gasteiger partial charge in [0.1, 0.15) is 0 Å². The maximum Gasteiger partial charge on any atom is 0.326 e. The summed E-state index contributed by atoms with van der Waals surface area (Å²) in [6.45, 7) is 5.50. The SMILES string of the molecule is C=CC(=O)N1CCC[C@@H](NC(=O)C2=C3NC(=O)N(c4cccc(Cc5ccccc5)c4)C4CCNC(S2)C34)C1. The van der Waals surface area contributed by atoms with Crippen LogP contribution in [0, 0.1) is 5.92 Å². The number of carbonyl (C=O) groups is 3. The molecule has 4 aliphatic rings. The number of urea groups is 1. The van der Waals surface area contributed by atoms with E-state index in [2.05, 4.69) is 46.8 Å². The highest BCUT2D eigenvalue weighted by Crippen LogP contribution is 2.48. The zero-order valence-electron chi connectivity index (χ0n) is 21.8. The van der Waals surface area contributed by atoms with Crippen LogP contribution in [0.15, 0.2) is 77.9 Å². The van der Waals surface area contributed by atoms with E-state index >= 15 is 0 Å². The summed E-state index contributed by atoms with van der Waals surface area (Å²) in [7, 11) is 0. The third-order valence-corrected chi connectivity index (χ3v) is 9.38. The molecule has 4 heterocycles. The molecule has 2 aromatic rings. The van der Waals surface area contributed by atoms with E-state index in [4.69, 9.17) is 0 Å². The zero-order chi connectivity index (χ0) is 26.9. The molecule has 3 unspecified atom stereocenters. The van der Waals surface area contributed by atoms with Crippen molar-refractivity contribution in [2.45, 2.75) is 43.1 Å². The molecule has 39 heavy (non-hydrogen) atoms. The summed E-state index contributed by atoms with van der Waals surface area (Å²) in [5, 5.41) is 9.80. The molecular weight excluding hydrogens is 510 g/mol. The lowest BCUT2D eigenvalue weighted by Crippen LogP contribution is -2.62. The van der Waals surface area contributed by atoms with Crippen molar-refractivity contribution in [1.82, 2.24) is 20.9 Å². The molecule has 0 aromatic heterocycles. The van der Waals surface area contributed by atoms with E-state index in [1.807, 2.05) is 35.2 Å². The second kappa shape index (κ2) is 10.9. The molecule has 9 heteroatoms. The Morgan fingerprint density at radius 1 is 1.10 bits per heavy atom. The average molecular weight is 544 g/mol. The van der Waals surface area contributed by atoms with E-state index in [0.717, 1.165) is 49.2 Å². The summed E-state index contributed by atoms with van der Waals surface area (Å²) in [5.74, 6) is -0.302. The second-order valence-corrected chi connectivity index (χ2v) is 11.7. The summed E-state index contributed by atoms with van der Waals surface area (Å²) in [4.78, 5) is 43.3. The van der Waals surface area contributed by atoms with Crippen molar-refractivity contribution < 1.29 is 14.4 Å². The van der Waals surface area contributed by atoms with E-state index < -0.39 is 0 Å². The topological polar surface area (TPSA) is 93.8 Å². The smallest absolute Gasteiger partial charge is 0.326 e. The van der Waals surface area contributed by atoms with Crippen LogP contribution in [0.4, 0.5) is 10.5 Å². The van der Waals surface area contributed by atoms with Gasteiger partial charge in [-0.15, -0.1) is 0 Å². The van der Waals surface area contributed by atoms with Gasteiger partial charge in [-0.05, 0) is 61.6 Å². The monoisotopic (exact) mass is 543 g/mol. The van der Waals surface area contributed by atoms with Gasteiger partial charge in [0.15, 0.2) is 0 Å². The molecule has 0 saturated carbocycles. The molecule has 3 fully saturated rings. The summed E-state index contributed by atoms with van der Waals surface area (Å²) in [6, 6.07) is 18.2. The van der Waals surface area contributed by atoms with Gasteiger partial charge in [0.05, 0.1) is 16.3 Å². The summed E-state index contributed by atoms with van der Waals surface area (Å²) >= 11 is 1.50. The van der Waals surface area contributed by atoms with Crippen molar-refractivity contribution in [2.75, 3.05) is 24.5 Å². The minimum Gasteiger partial charge on any atom is -0.347 e. The number of nitrogens with one attached hydrogen (secondary N) is 3. The van der Waals surface area contributed by atoms with Crippen molar-refractivity contribution in [3.8, 4) is 0 Å². The van der Waals surface area contributed by atoms with Gasteiger partial charge < -0.3 is 20.9 Å². The Kier molecular flexibility index (Phi) is 7.18. The van der Waals surface area contributed by atoms with Crippen LogP contribution in [-0.2, 0) is 16.0 Å². The third kappa shape index (κ3) is 5.08. The fourth-order valence-electron chi connectivity index (χ4n) is 6.25. The summed E-state index contributed by atoms with van der Waals surface area (Å²) in [5.41, 5.74) is 3.97. The summed E-state index contributed by atoms with van der Waals surface area (Å²) < 4.78 is 0. The first kappa shape index (κ1) is 25.7. The molecular formula is C30H33N5O3S. The molecule has 202 valence electrons. The van der Waals surface area contributed by atoms with Gasteiger partial charge in [0, 0.05) is 36.4 Å². The molecule has 0 radical (unpaired) electrons. The average Bonchev–Trinajstić information content (AvgIpc) is 3.33. The number of carbonyl (C=O) groups excluding carboxylic acids is 3. The number of hydrogen-bond donors (Lipinski definition) is 3. The van der Waals surface area contributed by atoms with E-state index in [1.165, 1.54) is 23.4 Å². The Balaban J connectivity index is 1.22. The zero-order valence-corrected chi connectivity index (χ0v) is 22.6. The fraction of sp³-hybridized carbons (Fsp3) is 0.367. The first-order valence-corrected chi connectivity index (χ1v) is 14.5. The van der Waals surface area contributed by atoms with Crippen LogP contribution in [0.5, 0.6) is 0 Å². The van der Waals surface area contributed by atoms with E-state index in [9.17, 15) is 14.4 Å². The number of hydrogen-bond acceptors (Lipinski definition) is 5. The molecule has 3 N–H and O–H groups in total. The van der Waals surface area contributed by atoms with Crippen LogP contribution in [-0.4, -0.2) is 59.8 Å². The number of thioether (sulfide) groups is 1. The lowest BCUT2D eigenvalue weighted by atomic mass is 9.86. The van der Waals surface area contributed by atoms with Crippen LogP contribution in [0.25, 0.3) is 0 Å². The molecule has 0 bridgehead atoms. The number of rotatable bonds is 6.